The normalized spacial score (nSPS) is 24.3. The SMILES string of the molecule is Fc1ccc(-c2ccc(N3CCN4CCC3CC4)nn2)cc1. The summed E-state index contributed by atoms with van der Waals surface area (Å²) in [6.07, 6.45) is 2.42. The fraction of sp³-hybridized carbons (Fsp3) is 0.412. The highest BCUT2D eigenvalue weighted by atomic mass is 19.1. The molecule has 0 N–H and O–H groups in total. The summed E-state index contributed by atoms with van der Waals surface area (Å²) in [5.41, 5.74) is 1.68. The standard InChI is InChI=1S/C17H19FN4/c18-14-3-1-13(2-4-14)16-5-6-17(20-19-16)22-12-11-21-9-7-15(22)8-10-21/h1-6,15H,7-12H2. The zero-order valence-corrected chi connectivity index (χ0v) is 12.5. The van der Waals surface area contributed by atoms with Crippen LogP contribution in [0.1, 0.15) is 12.8 Å². The molecular formula is C17H19FN4. The quantitative estimate of drug-likeness (QED) is 0.853. The number of fused-ring (bicyclic) bond motifs is 4. The van der Waals surface area contributed by atoms with E-state index in [9.17, 15) is 4.39 Å². The van der Waals surface area contributed by atoms with Crippen LogP contribution in [0.3, 0.4) is 0 Å². The van der Waals surface area contributed by atoms with Gasteiger partial charge < -0.3 is 9.80 Å². The Kier molecular flexibility index (Phi) is 3.50. The summed E-state index contributed by atoms with van der Waals surface area (Å²) in [7, 11) is 0. The highest BCUT2D eigenvalue weighted by Crippen LogP contribution is 2.26. The van der Waals surface area contributed by atoms with Crippen molar-refractivity contribution in [1.29, 1.82) is 0 Å². The summed E-state index contributed by atoms with van der Waals surface area (Å²) in [5.74, 6) is 0.725. The Morgan fingerprint density at radius 3 is 2.32 bits per heavy atom. The van der Waals surface area contributed by atoms with Crippen molar-refractivity contribution in [1.82, 2.24) is 15.1 Å². The first-order valence-corrected chi connectivity index (χ1v) is 7.88. The monoisotopic (exact) mass is 298 g/mol. The van der Waals surface area contributed by atoms with Gasteiger partial charge in [0, 0.05) is 37.8 Å². The third-order valence-electron chi connectivity index (χ3n) is 4.74. The zero-order chi connectivity index (χ0) is 14.9. The number of anilines is 1. The predicted molar refractivity (Wildman–Crippen MR) is 84.2 cm³/mol. The van der Waals surface area contributed by atoms with Crippen LogP contribution in [-0.2, 0) is 0 Å². The number of hydrogen-bond donors (Lipinski definition) is 0. The minimum Gasteiger partial charge on any atom is -0.351 e. The van der Waals surface area contributed by atoms with E-state index in [1.54, 1.807) is 12.1 Å². The van der Waals surface area contributed by atoms with Gasteiger partial charge in [0.05, 0.1) is 5.69 Å². The van der Waals surface area contributed by atoms with E-state index in [1.807, 2.05) is 12.1 Å². The lowest BCUT2D eigenvalue weighted by molar-refractivity contribution is 0.250. The molecule has 1 aromatic heterocycles. The molecule has 2 aromatic rings. The van der Waals surface area contributed by atoms with Gasteiger partial charge in [0.15, 0.2) is 5.82 Å². The third kappa shape index (κ3) is 2.57. The molecule has 4 nitrogen and oxygen atoms in total. The first kappa shape index (κ1) is 13.6. The third-order valence-corrected chi connectivity index (χ3v) is 4.74. The van der Waals surface area contributed by atoms with Gasteiger partial charge in [-0.05, 0) is 49.2 Å². The van der Waals surface area contributed by atoms with Crippen LogP contribution in [0, 0.1) is 5.82 Å². The minimum absolute atomic E-state index is 0.233. The van der Waals surface area contributed by atoms with E-state index in [0.29, 0.717) is 6.04 Å². The smallest absolute Gasteiger partial charge is 0.151 e. The zero-order valence-electron chi connectivity index (χ0n) is 12.5. The topological polar surface area (TPSA) is 32.3 Å². The van der Waals surface area contributed by atoms with Gasteiger partial charge in [-0.25, -0.2) is 4.39 Å². The van der Waals surface area contributed by atoms with Crippen LogP contribution >= 0.6 is 0 Å². The first-order chi connectivity index (χ1) is 10.8. The van der Waals surface area contributed by atoms with E-state index in [0.717, 1.165) is 30.2 Å². The Morgan fingerprint density at radius 1 is 0.864 bits per heavy atom. The Bertz CT molecular complexity index is 633. The van der Waals surface area contributed by atoms with Crippen LogP contribution in [0.15, 0.2) is 36.4 Å². The van der Waals surface area contributed by atoms with Gasteiger partial charge in [0.2, 0.25) is 0 Å². The van der Waals surface area contributed by atoms with Gasteiger partial charge >= 0.3 is 0 Å². The van der Waals surface area contributed by atoms with E-state index in [2.05, 4.69) is 20.0 Å². The Morgan fingerprint density at radius 2 is 1.64 bits per heavy atom. The molecular weight excluding hydrogens is 279 g/mol. The number of aromatic nitrogens is 2. The summed E-state index contributed by atoms with van der Waals surface area (Å²) < 4.78 is 13.0. The average molecular weight is 298 g/mol. The maximum atomic E-state index is 13.0. The molecule has 5 heteroatoms. The van der Waals surface area contributed by atoms with Crippen LogP contribution in [0.5, 0.6) is 0 Å². The predicted octanol–water partition coefficient (Wildman–Crippen LogP) is 2.57. The van der Waals surface area contributed by atoms with E-state index in [-0.39, 0.29) is 5.82 Å². The van der Waals surface area contributed by atoms with E-state index in [1.165, 1.54) is 38.1 Å². The Hall–Kier alpha value is -2.01. The lowest BCUT2D eigenvalue weighted by atomic mass is 10.1. The van der Waals surface area contributed by atoms with Crippen molar-refractivity contribution in [2.45, 2.75) is 18.9 Å². The van der Waals surface area contributed by atoms with Gasteiger partial charge in [-0.15, -0.1) is 10.2 Å². The second-order valence-electron chi connectivity index (χ2n) is 6.05. The molecule has 3 aliphatic heterocycles. The molecule has 114 valence electrons. The molecule has 0 amide bonds. The number of nitrogens with zero attached hydrogens (tertiary/aromatic N) is 4. The molecule has 2 bridgehead atoms. The first-order valence-electron chi connectivity index (χ1n) is 7.88. The summed E-state index contributed by atoms with van der Waals surface area (Å²) in [6, 6.07) is 11.0. The van der Waals surface area contributed by atoms with Crippen LogP contribution in [0.2, 0.25) is 0 Å². The molecule has 4 heterocycles. The Labute approximate surface area is 129 Å². The maximum Gasteiger partial charge on any atom is 0.151 e. The van der Waals surface area contributed by atoms with Crippen molar-refractivity contribution in [3.05, 3.63) is 42.2 Å². The molecule has 0 spiro atoms. The van der Waals surface area contributed by atoms with Crippen LogP contribution in [-0.4, -0.2) is 47.3 Å². The molecule has 0 radical (unpaired) electrons. The lowest BCUT2D eigenvalue weighted by Gasteiger charge is -2.31. The molecule has 1 aromatic carbocycles. The molecule has 5 rings (SSSR count). The van der Waals surface area contributed by atoms with Gasteiger partial charge in [-0.1, -0.05) is 0 Å². The molecule has 3 saturated heterocycles. The van der Waals surface area contributed by atoms with Gasteiger partial charge in [0.1, 0.15) is 5.82 Å². The van der Waals surface area contributed by atoms with Crippen molar-refractivity contribution in [2.75, 3.05) is 31.1 Å². The van der Waals surface area contributed by atoms with Crippen LogP contribution in [0.4, 0.5) is 10.2 Å². The largest absolute Gasteiger partial charge is 0.351 e. The molecule has 3 aliphatic rings. The molecule has 0 saturated carbocycles. The number of halogens is 1. The van der Waals surface area contributed by atoms with Crippen LogP contribution in [0.25, 0.3) is 11.3 Å². The highest BCUT2D eigenvalue weighted by molar-refractivity contribution is 5.59. The fourth-order valence-corrected chi connectivity index (χ4v) is 3.44. The fourth-order valence-electron chi connectivity index (χ4n) is 3.44. The second kappa shape index (κ2) is 5.65. The summed E-state index contributed by atoms with van der Waals surface area (Å²) in [5, 5.41) is 8.76. The van der Waals surface area contributed by atoms with E-state index >= 15 is 0 Å². The van der Waals surface area contributed by atoms with Crippen molar-refractivity contribution >= 4 is 5.82 Å². The number of piperidine rings is 1. The van der Waals surface area contributed by atoms with Gasteiger partial charge in [0.25, 0.3) is 0 Å². The van der Waals surface area contributed by atoms with E-state index < -0.39 is 0 Å². The maximum absolute atomic E-state index is 13.0. The lowest BCUT2D eigenvalue weighted by Crippen LogP contribution is -2.38. The number of rotatable bonds is 2. The van der Waals surface area contributed by atoms with Crippen molar-refractivity contribution in [3.8, 4) is 11.3 Å². The molecule has 0 aliphatic carbocycles. The molecule has 0 unspecified atom stereocenters. The minimum atomic E-state index is -0.233. The van der Waals surface area contributed by atoms with E-state index in [4.69, 9.17) is 0 Å². The second-order valence-corrected chi connectivity index (χ2v) is 6.05. The van der Waals surface area contributed by atoms with Gasteiger partial charge in [-0.3, -0.25) is 0 Å². The number of hydrogen-bond acceptors (Lipinski definition) is 4. The van der Waals surface area contributed by atoms with Crippen molar-refractivity contribution < 1.29 is 4.39 Å². The van der Waals surface area contributed by atoms with Crippen molar-refractivity contribution in [2.24, 2.45) is 0 Å². The Balaban J connectivity index is 1.57. The highest BCUT2D eigenvalue weighted by Gasteiger charge is 2.29. The average Bonchev–Trinajstić information content (AvgIpc) is 2.90. The van der Waals surface area contributed by atoms with Crippen LogP contribution < -0.4 is 4.90 Å². The number of benzene rings is 1. The summed E-state index contributed by atoms with van der Waals surface area (Å²) in [4.78, 5) is 4.92. The summed E-state index contributed by atoms with van der Waals surface area (Å²) >= 11 is 0. The molecule has 22 heavy (non-hydrogen) atoms. The van der Waals surface area contributed by atoms with Crippen molar-refractivity contribution in [3.63, 3.8) is 0 Å². The summed E-state index contributed by atoms with van der Waals surface area (Å²) in [6.45, 7) is 4.53. The molecule has 0 atom stereocenters. The molecule has 3 fully saturated rings. The van der Waals surface area contributed by atoms with Gasteiger partial charge in [-0.2, -0.15) is 0 Å².